The number of hydrogen-bond donors (Lipinski definition) is 0. The van der Waals surface area contributed by atoms with E-state index in [1.165, 1.54) is 0 Å². The minimum absolute atomic E-state index is 0.505. The van der Waals surface area contributed by atoms with Crippen molar-refractivity contribution < 1.29 is 9.47 Å². The van der Waals surface area contributed by atoms with E-state index < -0.39 is 0 Å². The van der Waals surface area contributed by atoms with Gasteiger partial charge < -0.3 is 9.47 Å². The number of methoxy groups -OCH3 is 1. The van der Waals surface area contributed by atoms with Gasteiger partial charge in [0.15, 0.2) is 0 Å². The lowest BCUT2D eigenvalue weighted by Crippen LogP contribution is -2.04. The summed E-state index contributed by atoms with van der Waals surface area (Å²) in [6.45, 7) is 2.72. The van der Waals surface area contributed by atoms with Gasteiger partial charge in [0, 0.05) is 29.3 Å². The van der Waals surface area contributed by atoms with E-state index in [-0.39, 0.29) is 0 Å². The Morgan fingerprint density at radius 3 is 2.85 bits per heavy atom. The lowest BCUT2D eigenvalue weighted by atomic mass is 10.2. The Bertz CT molecular complexity index is 583. The number of ether oxygens (including phenoxy) is 2. The largest absolute Gasteiger partial charge is 0.495 e. The highest BCUT2D eigenvalue weighted by Gasteiger charge is 2.40. The third-order valence-electron chi connectivity index (χ3n) is 3.69. The molecule has 0 bridgehead atoms. The van der Waals surface area contributed by atoms with Crippen LogP contribution in [0, 0.1) is 12.8 Å². The molecule has 2 heterocycles. The fraction of sp³-hybridized carbons (Fsp3) is 0.375. The lowest BCUT2D eigenvalue weighted by Gasteiger charge is -2.07. The van der Waals surface area contributed by atoms with Gasteiger partial charge in [-0.2, -0.15) is 0 Å². The van der Waals surface area contributed by atoms with Crippen LogP contribution in [0.4, 0.5) is 0 Å². The fourth-order valence-electron chi connectivity index (χ4n) is 2.33. The van der Waals surface area contributed by atoms with Gasteiger partial charge in [0.2, 0.25) is 5.88 Å². The van der Waals surface area contributed by atoms with Gasteiger partial charge in [-0.3, -0.25) is 4.98 Å². The Balaban J connectivity index is 1.55. The fourth-order valence-corrected chi connectivity index (χ4v) is 2.33. The molecule has 0 aliphatic heterocycles. The summed E-state index contributed by atoms with van der Waals surface area (Å²) in [6.07, 6.45) is 4.66. The van der Waals surface area contributed by atoms with Gasteiger partial charge in [-0.25, -0.2) is 4.98 Å². The van der Waals surface area contributed by atoms with Crippen molar-refractivity contribution in [2.75, 3.05) is 13.7 Å². The summed E-state index contributed by atoms with van der Waals surface area (Å²) in [6, 6.07) is 7.93. The molecule has 0 amide bonds. The predicted molar refractivity (Wildman–Crippen MR) is 76.1 cm³/mol. The van der Waals surface area contributed by atoms with Crippen LogP contribution in [0.15, 0.2) is 36.7 Å². The predicted octanol–water partition coefficient (Wildman–Crippen LogP) is 2.98. The summed E-state index contributed by atoms with van der Waals surface area (Å²) in [4.78, 5) is 8.68. The van der Waals surface area contributed by atoms with Crippen LogP contribution in [0.3, 0.4) is 0 Å². The Morgan fingerprint density at radius 1 is 1.25 bits per heavy atom. The highest BCUT2D eigenvalue weighted by Crippen LogP contribution is 2.46. The van der Waals surface area contributed by atoms with Crippen LogP contribution >= 0.6 is 0 Å². The summed E-state index contributed by atoms with van der Waals surface area (Å²) in [7, 11) is 1.65. The molecule has 0 saturated heterocycles. The monoisotopic (exact) mass is 270 g/mol. The minimum Gasteiger partial charge on any atom is -0.495 e. The minimum atomic E-state index is 0.505. The van der Waals surface area contributed by atoms with Crippen LogP contribution in [0.2, 0.25) is 0 Å². The first-order valence-corrected chi connectivity index (χ1v) is 6.82. The molecule has 2 aromatic heterocycles. The maximum atomic E-state index is 5.79. The summed E-state index contributed by atoms with van der Waals surface area (Å²) >= 11 is 0. The maximum Gasteiger partial charge on any atom is 0.216 e. The normalized spacial score (nSPS) is 20.5. The van der Waals surface area contributed by atoms with E-state index in [0.29, 0.717) is 18.4 Å². The van der Waals surface area contributed by atoms with Crippen molar-refractivity contribution in [3.63, 3.8) is 0 Å². The van der Waals surface area contributed by atoms with Crippen LogP contribution in [0.1, 0.15) is 23.6 Å². The number of aromatic nitrogens is 2. The van der Waals surface area contributed by atoms with E-state index in [0.717, 1.165) is 29.3 Å². The number of hydrogen-bond acceptors (Lipinski definition) is 4. The van der Waals surface area contributed by atoms with Crippen molar-refractivity contribution >= 4 is 0 Å². The Morgan fingerprint density at radius 2 is 2.15 bits per heavy atom. The van der Waals surface area contributed by atoms with Crippen LogP contribution in [0.25, 0.3) is 0 Å². The van der Waals surface area contributed by atoms with Crippen LogP contribution in [0.5, 0.6) is 11.6 Å². The van der Waals surface area contributed by atoms with Gasteiger partial charge in [-0.15, -0.1) is 0 Å². The third kappa shape index (κ3) is 2.74. The van der Waals surface area contributed by atoms with Crippen LogP contribution < -0.4 is 9.47 Å². The van der Waals surface area contributed by atoms with Gasteiger partial charge in [-0.05, 0) is 31.5 Å². The molecule has 1 unspecified atom stereocenters. The van der Waals surface area contributed by atoms with Crippen molar-refractivity contribution in [1.29, 1.82) is 0 Å². The maximum absolute atomic E-state index is 5.79. The molecule has 1 aliphatic rings. The van der Waals surface area contributed by atoms with Crippen molar-refractivity contribution in [2.24, 2.45) is 5.92 Å². The first kappa shape index (κ1) is 12.9. The van der Waals surface area contributed by atoms with Crippen LogP contribution in [-0.2, 0) is 0 Å². The Hall–Kier alpha value is -2.10. The van der Waals surface area contributed by atoms with Crippen molar-refractivity contribution in [1.82, 2.24) is 9.97 Å². The average molecular weight is 270 g/mol. The lowest BCUT2D eigenvalue weighted by molar-refractivity contribution is 0.283. The molecule has 0 N–H and O–H groups in total. The molecule has 4 nitrogen and oxygen atoms in total. The van der Waals surface area contributed by atoms with E-state index in [1.807, 2.05) is 31.2 Å². The van der Waals surface area contributed by atoms with Gasteiger partial charge >= 0.3 is 0 Å². The Kier molecular flexibility index (Phi) is 3.54. The zero-order chi connectivity index (χ0) is 13.9. The molecule has 104 valence electrons. The van der Waals surface area contributed by atoms with Gasteiger partial charge in [0.25, 0.3) is 0 Å². The zero-order valence-corrected chi connectivity index (χ0v) is 11.7. The first-order chi connectivity index (χ1) is 9.78. The van der Waals surface area contributed by atoms with E-state index >= 15 is 0 Å². The summed E-state index contributed by atoms with van der Waals surface area (Å²) in [5, 5.41) is 0. The molecule has 2 atom stereocenters. The zero-order valence-electron chi connectivity index (χ0n) is 11.7. The first-order valence-electron chi connectivity index (χ1n) is 6.82. The second-order valence-corrected chi connectivity index (χ2v) is 5.16. The quantitative estimate of drug-likeness (QED) is 0.838. The second-order valence-electron chi connectivity index (χ2n) is 5.16. The highest BCUT2D eigenvalue weighted by atomic mass is 16.5. The van der Waals surface area contributed by atoms with Crippen molar-refractivity contribution in [3.8, 4) is 11.6 Å². The van der Waals surface area contributed by atoms with Gasteiger partial charge in [-0.1, -0.05) is 6.07 Å². The molecule has 0 radical (unpaired) electrons. The number of rotatable bonds is 5. The molecule has 0 spiro atoms. The van der Waals surface area contributed by atoms with Gasteiger partial charge in [0.1, 0.15) is 5.75 Å². The molecule has 1 aliphatic carbocycles. The van der Waals surface area contributed by atoms with E-state index in [4.69, 9.17) is 9.47 Å². The SMILES string of the molecule is COc1ccc(C2C[C@H]2COc2ncccc2C)nc1. The van der Waals surface area contributed by atoms with Crippen molar-refractivity contribution in [3.05, 3.63) is 47.9 Å². The number of pyridine rings is 2. The summed E-state index contributed by atoms with van der Waals surface area (Å²) in [5.41, 5.74) is 2.20. The molecule has 1 fully saturated rings. The molecule has 1 saturated carbocycles. The molecular formula is C16H18N2O2. The average Bonchev–Trinajstić information content (AvgIpc) is 3.26. The second kappa shape index (κ2) is 5.49. The topological polar surface area (TPSA) is 44.2 Å². The third-order valence-corrected chi connectivity index (χ3v) is 3.69. The molecular weight excluding hydrogens is 252 g/mol. The summed E-state index contributed by atoms with van der Waals surface area (Å²) in [5.74, 6) is 2.58. The molecule has 3 rings (SSSR count). The highest BCUT2D eigenvalue weighted by molar-refractivity contribution is 5.26. The smallest absolute Gasteiger partial charge is 0.216 e. The van der Waals surface area contributed by atoms with Crippen molar-refractivity contribution in [2.45, 2.75) is 19.3 Å². The number of aryl methyl sites for hydroxylation is 1. The summed E-state index contributed by atoms with van der Waals surface area (Å²) < 4.78 is 10.9. The van der Waals surface area contributed by atoms with Crippen LogP contribution in [-0.4, -0.2) is 23.7 Å². The van der Waals surface area contributed by atoms with E-state index in [1.54, 1.807) is 19.5 Å². The molecule has 4 heteroatoms. The number of nitrogens with zero attached hydrogens (tertiary/aromatic N) is 2. The Labute approximate surface area is 118 Å². The van der Waals surface area contributed by atoms with E-state index in [9.17, 15) is 0 Å². The molecule has 20 heavy (non-hydrogen) atoms. The standard InChI is InChI=1S/C16H18N2O2/c1-11-4-3-7-17-16(11)20-10-12-8-14(12)15-6-5-13(19-2)9-18-15/h3-7,9,12,14H,8,10H2,1-2H3/t12-,14?/m0/s1. The molecule has 2 aromatic rings. The molecule has 0 aromatic carbocycles. The van der Waals surface area contributed by atoms with Gasteiger partial charge in [0.05, 0.1) is 19.9 Å². The van der Waals surface area contributed by atoms with E-state index in [2.05, 4.69) is 9.97 Å².